The van der Waals surface area contributed by atoms with E-state index < -0.39 is 16.6 Å². The number of hydrogen-bond acceptors (Lipinski definition) is 3. The third kappa shape index (κ3) is 5.16. The minimum atomic E-state index is -2.20. The molecule has 3 nitrogen and oxygen atoms in total. The Kier molecular flexibility index (Phi) is 7.39. The third-order valence-corrected chi connectivity index (χ3v) is 20.5. The Morgan fingerprint density at radius 1 is 0.872 bits per heavy atom. The van der Waals surface area contributed by atoms with Crippen molar-refractivity contribution in [2.75, 3.05) is 0 Å². The first-order chi connectivity index (χ1) is 17.5. The van der Waals surface area contributed by atoms with Gasteiger partial charge in [-0.3, -0.25) is 0 Å². The van der Waals surface area contributed by atoms with Crippen molar-refractivity contribution in [3.8, 4) is 17.2 Å². The van der Waals surface area contributed by atoms with Crippen LogP contribution in [0, 0.1) is 16.7 Å². The molecule has 0 bridgehead atoms. The van der Waals surface area contributed by atoms with Gasteiger partial charge in [0.1, 0.15) is 22.8 Å². The van der Waals surface area contributed by atoms with E-state index in [-0.39, 0.29) is 21.1 Å². The molecule has 1 aromatic rings. The van der Waals surface area contributed by atoms with E-state index in [0.29, 0.717) is 22.1 Å². The molecule has 0 radical (unpaired) electrons. The summed E-state index contributed by atoms with van der Waals surface area (Å²) in [6.45, 7) is 32.5. The molecule has 1 heterocycles. The van der Waals surface area contributed by atoms with Gasteiger partial charge < -0.3 is 13.6 Å². The van der Waals surface area contributed by atoms with Crippen LogP contribution in [0.5, 0.6) is 17.2 Å². The van der Waals surface area contributed by atoms with Gasteiger partial charge in [0.2, 0.25) is 0 Å². The smallest absolute Gasteiger partial charge is 0.133 e. The molecule has 2 aliphatic carbocycles. The zero-order chi connectivity index (χ0) is 29.6. The van der Waals surface area contributed by atoms with E-state index in [4.69, 9.17) is 25.2 Å². The second-order valence-corrected chi connectivity index (χ2v) is 26.7. The van der Waals surface area contributed by atoms with E-state index in [1.54, 1.807) is 0 Å². The largest absolute Gasteiger partial charge is 0.686 e. The van der Waals surface area contributed by atoms with Crippen LogP contribution in [0.3, 0.4) is 0 Å². The minimum Gasteiger partial charge on any atom is -0.686 e. The van der Waals surface area contributed by atoms with Crippen molar-refractivity contribution in [1.29, 1.82) is 0 Å². The Balaban J connectivity index is 1.92. The number of ether oxygens (including phenoxy) is 1. The lowest BCUT2D eigenvalue weighted by atomic mass is 9.47. The van der Waals surface area contributed by atoms with Crippen LogP contribution in [0.25, 0.3) is 6.08 Å². The van der Waals surface area contributed by atoms with Gasteiger partial charge in [-0.05, 0) is 61.0 Å². The van der Waals surface area contributed by atoms with E-state index in [1.807, 2.05) is 0 Å². The lowest BCUT2D eigenvalue weighted by Gasteiger charge is -2.60. The highest BCUT2D eigenvalue weighted by Crippen LogP contribution is 2.65. The molecule has 0 N–H and O–H groups in total. The fourth-order valence-corrected chi connectivity index (χ4v) is 9.32. The molecule has 1 aromatic carbocycles. The number of rotatable bonds is 4. The summed E-state index contributed by atoms with van der Waals surface area (Å²) in [5, 5.41) is 0.720. The zero-order valence-electron chi connectivity index (χ0n) is 27.4. The fraction of sp³-hybridized carbons (Fsp3) is 0.758. The predicted octanol–water partition coefficient (Wildman–Crippen LogP) is 11.3. The summed E-state index contributed by atoms with van der Waals surface area (Å²) in [5.41, 5.74) is 2.49. The van der Waals surface area contributed by atoms with Crippen LogP contribution in [0.15, 0.2) is 11.6 Å². The highest BCUT2D eigenvalue weighted by molar-refractivity contribution is 6.75. The van der Waals surface area contributed by atoms with Crippen LogP contribution in [0.4, 0.5) is 0 Å². The van der Waals surface area contributed by atoms with Gasteiger partial charge in [0, 0.05) is 28.3 Å². The highest BCUT2D eigenvalue weighted by Gasteiger charge is 2.57. The molecule has 0 amide bonds. The maximum atomic E-state index is 7.39. The molecule has 0 unspecified atom stereocenters. The van der Waals surface area contributed by atoms with Gasteiger partial charge in [-0.2, -0.15) is 0 Å². The van der Waals surface area contributed by atoms with Gasteiger partial charge in [0.05, 0.1) is 5.02 Å². The summed E-state index contributed by atoms with van der Waals surface area (Å²) in [4.78, 5) is 0. The average molecular weight is 591 g/mol. The van der Waals surface area contributed by atoms with Crippen LogP contribution in [-0.4, -0.2) is 22.2 Å². The quantitative estimate of drug-likeness (QED) is 0.326. The Bertz CT molecular complexity index is 1170. The lowest BCUT2D eigenvalue weighted by molar-refractivity contribution is -0.0516. The Morgan fingerprint density at radius 2 is 1.44 bits per heavy atom. The molecule has 1 aliphatic heterocycles. The highest BCUT2D eigenvalue weighted by atomic mass is 35.5. The van der Waals surface area contributed by atoms with Crippen LogP contribution in [-0.2, 0) is 0 Å². The third-order valence-electron chi connectivity index (χ3n) is 11.5. The first kappa shape index (κ1) is 31.0. The summed E-state index contributed by atoms with van der Waals surface area (Å²) in [7, 11) is -4.36. The van der Waals surface area contributed by atoms with Crippen molar-refractivity contribution >= 4 is 34.3 Å². The zero-order valence-corrected chi connectivity index (χ0v) is 30.1. The number of hydrogen-bond donors (Lipinski definition) is 0. The average Bonchev–Trinajstić information content (AvgIpc) is 2.73. The predicted molar refractivity (Wildman–Crippen MR) is 173 cm³/mol. The van der Waals surface area contributed by atoms with Crippen molar-refractivity contribution in [3.63, 3.8) is 0 Å². The summed E-state index contributed by atoms with van der Waals surface area (Å²) >= 11 is 7.39. The molecular weight excluding hydrogens is 536 g/mol. The molecule has 2 saturated carbocycles. The van der Waals surface area contributed by atoms with Crippen LogP contribution >= 0.6 is 11.6 Å². The molecule has 222 valence electrons. The van der Waals surface area contributed by atoms with Gasteiger partial charge in [0.25, 0.3) is 0 Å². The molecular formula is C33H55ClO3Si2-2. The number of fused-ring (bicyclic) bond motifs is 4. The second-order valence-electron chi connectivity index (χ2n) is 16.9. The molecule has 3 aliphatic rings. The van der Waals surface area contributed by atoms with E-state index in [9.17, 15) is 0 Å². The maximum absolute atomic E-state index is 7.39. The maximum Gasteiger partial charge on any atom is 0.133 e. The second kappa shape index (κ2) is 9.29. The van der Waals surface area contributed by atoms with Crippen LogP contribution in [0.2, 0.25) is 41.3 Å². The molecule has 2 fully saturated rings. The summed E-state index contributed by atoms with van der Waals surface area (Å²) in [5.74, 6) is 2.93. The monoisotopic (exact) mass is 590 g/mol. The van der Waals surface area contributed by atoms with E-state index in [1.165, 1.54) is 31.3 Å². The number of benzene rings is 1. The molecule has 3 atom stereocenters. The molecule has 4 rings (SSSR count). The fourth-order valence-electron chi connectivity index (χ4n) is 6.95. The lowest BCUT2D eigenvalue weighted by Crippen LogP contribution is -2.55. The van der Waals surface area contributed by atoms with Gasteiger partial charge >= 0.3 is 0 Å². The van der Waals surface area contributed by atoms with Crippen LogP contribution in [0.1, 0.15) is 107 Å². The van der Waals surface area contributed by atoms with E-state index in [2.05, 4.69) is 108 Å². The van der Waals surface area contributed by atoms with E-state index >= 15 is 0 Å². The molecule has 39 heavy (non-hydrogen) atoms. The first-order valence-corrected chi connectivity index (χ1v) is 21.3. The van der Waals surface area contributed by atoms with Gasteiger partial charge in [0.15, 0.2) is 0 Å². The van der Waals surface area contributed by atoms with Crippen molar-refractivity contribution in [2.24, 2.45) is 16.7 Å². The topological polar surface area (TPSA) is 27.7 Å². The summed E-state index contributed by atoms with van der Waals surface area (Å²) in [6, 6.07) is 2.10. The van der Waals surface area contributed by atoms with E-state index in [0.717, 1.165) is 23.5 Å². The van der Waals surface area contributed by atoms with Gasteiger partial charge in [-0.15, -0.1) is 36.3 Å². The molecule has 0 spiro atoms. The first-order valence-electron chi connectivity index (χ1n) is 15.1. The van der Waals surface area contributed by atoms with Crippen molar-refractivity contribution in [1.82, 2.24) is 0 Å². The number of halogens is 1. The standard InChI is InChI=1S/C33H55ClO3Si2/c1-29(2,3)38(11,12)36-24-21-23-22(27(34)28(24)37-39(13,14)30(4,5)6)20-26-32(9)18-15-17-31(7,8)25(32)16-19-33(26,10)35-23/h20-21,25H,15-19H2,1-14H3/q-2/t25-,32-,33-/m0/s1. The van der Waals surface area contributed by atoms with Crippen molar-refractivity contribution in [3.05, 3.63) is 22.2 Å². The van der Waals surface area contributed by atoms with Crippen molar-refractivity contribution in [2.45, 2.75) is 143 Å². The molecule has 6 heteroatoms. The minimum absolute atomic E-state index is 0.0335. The molecule has 0 saturated heterocycles. The van der Waals surface area contributed by atoms with Crippen molar-refractivity contribution < 1.29 is 13.6 Å². The Hall–Kier alpha value is -0.916. The molecule has 0 aromatic heterocycles. The van der Waals surface area contributed by atoms with Crippen LogP contribution < -0.4 is 13.6 Å². The van der Waals surface area contributed by atoms with Gasteiger partial charge in [-0.1, -0.05) is 80.3 Å². The summed E-state index contributed by atoms with van der Waals surface area (Å²) in [6.07, 6.45) is 8.38. The summed E-state index contributed by atoms with van der Waals surface area (Å²) < 4.78 is 21.0. The Morgan fingerprint density at radius 3 is 2.00 bits per heavy atom. The normalized spacial score (nSPS) is 28.9. The SMILES string of the molecule is CC1(C)CCC[C@]2(C)C3=Cc4c(cc(O[Si-](C)(C)C(C)(C)C)c(O[Si-](C)(C)C(C)(C)C)c4Cl)O[C@@]3(C)CC[C@@H]12. The van der Waals surface area contributed by atoms with Gasteiger partial charge in [-0.25, -0.2) is 0 Å². The Labute approximate surface area is 246 Å².